The van der Waals surface area contributed by atoms with Crippen molar-refractivity contribution >= 4 is 0 Å². The Morgan fingerprint density at radius 2 is 1.78 bits per heavy atom. The molecule has 0 saturated carbocycles. The predicted molar refractivity (Wildman–Crippen MR) is 141 cm³/mol. The number of aliphatic hydroxyl groups excluding tert-OH is 1. The number of ether oxygens (including phenoxy) is 3. The molecule has 1 N–H and O–H groups in total. The molecule has 0 unspecified atom stereocenters. The third kappa shape index (κ3) is 6.58. The van der Waals surface area contributed by atoms with Gasteiger partial charge in [-0.25, -0.2) is 0 Å². The topological polar surface area (TPSA) is 57.6 Å². The van der Waals surface area contributed by atoms with Crippen LogP contribution in [0.15, 0.2) is 42.5 Å². The molecule has 0 aromatic heterocycles. The molecule has 3 atom stereocenters. The average molecular weight is 496 g/mol. The van der Waals surface area contributed by atoms with Gasteiger partial charge in [0.05, 0.1) is 12.7 Å². The van der Waals surface area contributed by atoms with Crippen molar-refractivity contribution in [3.8, 4) is 11.5 Å². The van der Waals surface area contributed by atoms with Gasteiger partial charge < -0.3 is 19.3 Å². The lowest BCUT2D eigenvalue weighted by molar-refractivity contribution is 0.0573. The number of β-amino-alcohol motifs (C(OH)–C–C–N with tert-alkyl or cyclic N) is 1. The molecule has 0 spiro atoms. The number of likely N-dealkylation sites (tertiary alicyclic amines) is 1. The number of benzene rings is 2. The van der Waals surface area contributed by atoms with E-state index in [-0.39, 0.29) is 12.2 Å². The van der Waals surface area contributed by atoms with Crippen LogP contribution >= 0.6 is 0 Å². The Bertz CT molecular complexity index is 1000. The first-order chi connectivity index (χ1) is 17.6. The molecule has 1 fully saturated rings. The van der Waals surface area contributed by atoms with Gasteiger partial charge in [-0.05, 0) is 37.0 Å². The standard InChI is InChI=1S/C29H41N3O4/c1-22-16-32(20-26(33)19-31-11-9-23-5-3-4-6-24(23)17-31)18-25-7-8-27(15-29(25)35-22)36-28-10-12-30(21-28)13-14-34-2/h3-8,15,22,26,28,33H,9-14,16-21H2,1-2H3/t22-,26-,28-/m1/s1. The predicted octanol–water partition coefficient (Wildman–Crippen LogP) is 2.79. The fourth-order valence-corrected chi connectivity index (χ4v) is 5.78. The summed E-state index contributed by atoms with van der Waals surface area (Å²) in [5.74, 6) is 1.78. The molecule has 0 amide bonds. The third-order valence-electron chi connectivity index (χ3n) is 7.57. The van der Waals surface area contributed by atoms with E-state index in [0.717, 1.165) is 82.3 Å². The van der Waals surface area contributed by atoms with Crippen LogP contribution < -0.4 is 9.47 Å². The molecule has 3 aliphatic heterocycles. The number of rotatable bonds is 9. The van der Waals surface area contributed by atoms with Crippen molar-refractivity contribution in [3.63, 3.8) is 0 Å². The quantitative estimate of drug-likeness (QED) is 0.574. The van der Waals surface area contributed by atoms with E-state index < -0.39 is 6.10 Å². The zero-order chi connectivity index (χ0) is 24.9. The molecule has 0 radical (unpaired) electrons. The molecule has 2 aromatic carbocycles. The maximum atomic E-state index is 11.0. The second-order valence-corrected chi connectivity index (χ2v) is 10.6. The van der Waals surface area contributed by atoms with Gasteiger partial charge in [-0.1, -0.05) is 30.3 Å². The van der Waals surface area contributed by atoms with E-state index in [4.69, 9.17) is 14.2 Å². The van der Waals surface area contributed by atoms with E-state index in [1.165, 1.54) is 11.1 Å². The van der Waals surface area contributed by atoms with Crippen LogP contribution in [0, 0.1) is 0 Å². The third-order valence-corrected chi connectivity index (χ3v) is 7.57. The zero-order valence-electron chi connectivity index (χ0n) is 21.8. The smallest absolute Gasteiger partial charge is 0.127 e. The van der Waals surface area contributed by atoms with Gasteiger partial charge in [0.15, 0.2) is 0 Å². The van der Waals surface area contributed by atoms with Crippen LogP contribution in [-0.4, -0.2) is 97.6 Å². The highest BCUT2D eigenvalue weighted by Crippen LogP contribution is 2.31. The average Bonchev–Trinajstić information content (AvgIpc) is 3.24. The van der Waals surface area contributed by atoms with Crippen LogP contribution in [0.5, 0.6) is 11.5 Å². The summed E-state index contributed by atoms with van der Waals surface area (Å²) in [6.07, 6.45) is 1.95. The summed E-state index contributed by atoms with van der Waals surface area (Å²) >= 11 is 0. The van der Waals surface area contributed by atoms with Gasteiger partial charge in [-0.3, -0.25) is 14.7 Å². The summed E-state index contributed by atoms with van der Waals surface area (Å²) in [5.41, 5.74) is 3.98. The lowest BCUT2D eigenvalue weighted by Gasteiger charge is -2.32. The molecular formula is C29H41N3O4. The van der Waals surface area contributed by atoms with Crippen LogP contribution in [0.4, 0.5) is 0 Å². The largest absolute Gasteiger partial charge is 0.489 e. The van der Waals surface area contributed by atoms with Crippen LogP contribution in [0.3, 0.4) is 0 Å². The minimum absolute atomic E-state index is 0.0478. The Balaban J connectivity index is 1.15. The molecular weight excluding hydrogens is 454 g/mol. The first-order valence-electron chi connectivity index (χ1n) is 13.4. The van der Waals surface area contributed by atoms with E-state index in [2.05, 4.69) is 64.1 Å². The molecule has 36 heavy (non-hydrogen) atoms. The molecule has 0 bridgehead atoms. The van der Waals surface area contributed by atoms with Gasteiger partial charge in [0.25, 0.3) is 0 Å². The Morgan fingerprint density at radius 3 is 2.64 bits per heavy atom. The summed E-state index contributed by atoms with van der Waals surface area (Å²) in [7, 11) is 1.75. The molecule has 7 heteroatoms. The Kier molecular flexibility index (Phi) is 8.44. The summed E-state index contributed by atoms with van der Waals surface area (Å²) in [4.78, 5) is 7.09. The summed E-state index contributed by atoms with van der Waals surface area (Å²) in [6.45, 7) is 10.6. The highest BCUT2D eigenvalue weighted by atomic mass is 16.5. The summed E-state index contributed by atoms with van der Waals surface area (Å²) in [5, 5.41) is 11.0. The Labute approximate surface area is 215 Å². The molecule has 3 heterocycles. The van der Waals surface area contributed by atoms with E-state index in [1.54, 1.807) is 7.11 Å². The molecule has 2 aromatic rings. The maximum absolute atomic E-state index is 11.0. The number of fused-ring (bicyclic) bond motifs is 2. The first kappa shape index (κ1) is 25.5. The van der Waals surface area contributed by atoms with Crippen molar-refractivity contribution in [1.29, 1.82) is 0 Å². The highest BCUT2D eigenvalue weighted by molar-refractivity contribution is 5.41. The Hall–Kier alpha value is -2.16. The van der Waals surface area contributed by atoms with Crippen molar-refractivity contribution in [2.75, 3.05) is 59.5 Å². The van der Waals surface area contributed by atoms with Crippen molar-refractivity contribution < 1.29 is 19.3 Å². The van der Waals surface area contributed by atoms with Crippen LogP contribution in [0.1, 0.15) is 30.0 Å². The fourth-order valence-electron chi connectivity index (χ4n) is 5.78. The normalized spacial score (nSPS) is 24.0. The highest BCUT2D eigenvalue weighted by Gasteiger charge is 2.26. The SMILES string of the molecule is COCCN1CC[C@@H](Oc2ccc3c(c2)O[C@H](C)CN(C[C@H](O)CN2CCc4ccccc4C2)C3)C1. The van der Waals surface area contributed by atoms with E-state index >= 15 is 0 Å². The van der Waals surface area contributed by atoms with Gasteiger partial charge in [0.2, 0.25) is 0 Å². The van der Waals surface area contributed by atoms with Crippen molar-refractivity contribution in [1.82, 2.24) is 14.7 Å². The second kappa shape index (κ2) is 11.9. The number of nitrogens with zero attached hydrogens (tertiary/aromatic N) is 3. The summed E-state index contributed by atoms with van der Waals surface area (Å²) < 4.78 is 17.8. The lowest BCUT2D eigenvalue weighted by atomic mass is 10.00. The number of aliphatic hydroxyl groups is 1. The van der Waals surface area contributed by atoms with Gasteiger partial charge in [-0.2, -0.15) is 0 Å². The van der Waals surface area contributed by atoms with E-state index in [1.807, 2.05) is 0 Å². The maximum Gasteiger partial charge on any atom is 0.127 e. The molecule has 196 valence electrons. The Morgan fingerprint density at radius 1 is 0.972 bits per heavy atom. The first-order valence-corrected chi connectivity index (χ1v) is 13.4. The van der Waals surface area contributed by atoms with Crippen LogP contribution in [0.2, 0.25) is 0 Å². The van der Waals surface area contributed by atoms with Gasteiger partial charge in [0, 0.05) is 77.6 Å². The number of hydrogen-bond donors (Lipinski definition) is 1. The number of hydrogen-bond acceptors (Lipinski definition) is 7. The van der Waals surface area contributed by atoms with Gasteiger partial charge in [0.1, 0.15) is 23.7 Å². The van der Waals surface area contributed by atoms with Gasteiger partial charge in [-0.15, -0.1) is 0 Å². The van der Waals surface area contributed by atoms with Crippen LogP contribution in [-0.2, 0) is 24.2 Å². The molecule has 1 saturated heterocycles. The molecule has 0 aliphatic carbocycles. The fraction of sp³-hybridized carbons (Fsp3) is 0.586. The van der Waals surface area contributed by atoms with Crippen LogP contribution in [0.25, 0.3) is 0 Å². The molecule has 7 nitrogen and oxygen atoms in total. The summed E-state index contributed by atoms with van der Waals surface area (Å²) in [6, 6.07) is 14.9. The minimum atomic E-state index is -0.393. The van der Waals surface area contributed by atoms with Crippen molar-refractivity contribution in [2.24, 2.45) is 0 Å². The van der Waals surface area contributed by atoms with Crippen molar-refractivity contribution in [3.05, 3.63) is 59.2 Å². The van der Waals surface area contributed by atoms with Crippen molar-refractivity contribution in [2.45, 2.75) is 51.2 Å². The van der Waals surface area contributed by atoms with E-state index in [9.17, 15) is 5.11 Å². The second-order valence-electron chi connectivity index (χ2n) is 10.6. The molecule has 5 rings (SSSR count). The van der Waals surface area contributed by atoms with E-state index in [0.29, 0.717) is 13.1 Å². The minimum Gasteiger partial charge on any atom is -0.489 e. The van der Waals surface area contributed by atoms with Gasteiger partial charge >= 0.3 is 0 Å². The zero-order valence-corrected chi connectivity index (χ0v) is 21.8. The monoisotopic (exact) mass is 495 g/mol. The number of methoxy groups -OCH3 is 1. The molecule has 3 aliphatic rings. The lowest BCUT2D eigenvalue weighted by Crippen LogP contribution is -2.43.